The molecule has 0 amide bonds. The first-order valence-electron chi connectivity index (χ1n) is 6.01. The number of halogens is 2. The van der Waals surface area contributed by atoms with Crippen molar-refractivity contribution in [1.29, 1.82) is 0 Å². The Kier molecular flexibility index (Phi) is 5.45. The van der Waals surface area contributed by atoms with Gasteiger partial charge in [0.2, 0.25) is 0 Å². The number of hydrogen-bond donors (Lipinski definition) is 1. The summed E-state index contributed by atoms with van der Waals surface area (Å²) in [6, 6.07) is 7.91. The zero-order chi connectivity index (χ0) is 13.8. The lowest BCUT2D eigenvalue weighted by atomic mass is 10.0. The van der Waals surface area contributed by atoms with Gasteiger partial charge in [-0.3, -0.25) is 0 Å². The van der Waals surface area contributed by atoms with Crippen molar-refractivity contribution in [2.24, 2.45) is 5.73 Å². The van der Waals surface area contributed by atoms with Crippen LogP contribution in [-0.4, -0.2) is 6.04 Å². The maximum absolute atomic E-state index is 6.19. The van der Waals surface area contributed by atoms with Crippen molar-refractivity contribution in [3.8, 4) is 5.75 Å². The van der Waals surface area contributed by atoms with Crippen LogP contribution in [0.4, 0.5) is 0 Å². The van der Waals surface area contributed by atoms with E-state index in [9.17, 15) is 0 Å². The highest BCUT2D eigenvalue weighted by Crippen LogP contribution is 2.33. The quantitative estimate of drug-likeness (QED) is 0.749. The van der Waals surface area contributed by atoms with Crippen LogP contribution in [-0.2, 0) is 0 Å². The Morgan fingerprint density at radius 3 is 2.68 bits per heavy atom. The van der Waals surface area contributed by atoms with Crippen LogP contribution in [0.1, 0.15) is 25.0 Å². The van der Waals surface area contributed by atoms with Gasteiger partial charge < -0.3 is 10.5 Å². The zero-order valence-electron chi connectivity index (χ0n) is 10.5. The standard InChI is InChI=1S/C14H15Br2NOS/c1-2-12(17)14(9-5-6-19-8-9)18-13-4-3-10(15)7-11(13)16/h3-8,12,14H,2,17H2,1H3. The minimum absolute atomic E-state index is 0.0230. The lowest BCUT2D eigenvalue weighted by Crippen LogP contribution is -2.31. The Morgan fingerprint density at radius 1 is 1.32 bits per heavy atom. The molecule has 2 nitrogen and oxygen atoms in total. The van der Waals surface area contributed by atoms with E-state index in [0.717, 1.165) is 26.7 Å². The molecule has 0 radical (unpaired) electrons. The molecule has 1 aromatic heterocycles. The van der Waals surface area contributed by atoms with E-state index in [-0.39, 0.29) is 12.1 Å². The van der Waals surface area contributed by atoms with Gasteiger partial charge in [-0.1, -0.05) is 22.9 Å². The molecule has 0 spiro atoms. The fourth-order valence-electron chi connectivity index (χ4n) is 1.76. The van der Waals surface area contributed by atoms with Crippen molar-refractivity contribution in [1.82, 2.24) is 0 Å². The topological polar surface area (TPSA) is 35.2 Å². The molecular formula is C14H15Br2NOS. The number of thiophene rings is 1. The van der Waals surface area contributed by atoms with Crippen LogP contribution < -0.4 is 10.5 Å². The third-order valence-electron chi connectivity index (χ3n) is 2.88. The first-order valence-corrected chi connectivity index (χ1v) is 8.54. The maximum atomic E-state index is 6.19. The molecule has 0 saturated heterocycles. The molecule has 2 unspecified atom stereocenters. The lowest BCUT2D eigenvalue weighted by molar-refractivity contribution is 0.170. The second-order valence-corrected chi connectivity index (χ2v) is 6.79. The third-order valence-corrected chi connectivity index (χ3v) is 4.69. The van der Waals surface area contributed by atoms with Gasteiger partial charge in [-0.25, -0.2) is 0 Å². The molecule has 5 heteroatoms. The van der Waals surface area contributed by atoms with Gasteiger partial charge in [0.25, 0.3) is 0 Å². The minimum atomic E-state index is -0.117. The molecule has 0 aliphatic heterocycles. The van der Waals surface area contributed by atoms with Crippen molar-refractivity contribution < 1.29 is 4.74 Å². The molecule has 0 bridgehead atoms. The molecule has 19 heavy (non-hydrogen) atoms. The Hall–Kier alpha value is -0.360. The first kappa shape index (κ1) is 15.0. The number of hydrogen-bond acceptors (Lipinski definition) is 3. The molecule has 2 N–H and O–H groups in total. The van der Waals surface area contributed by atoms with Crippen LogP contribution in [0.15, 0.2) is 44.0 Å². The molecule has 2 aromatic rings. The van der Waals surface area contributed by atoms with E-state index >= 15 is 0 Å². The van der Waals surface area contributed by atoms with Crippen LogP contribution >= 0.6 is 43.2 Å². The fourth-order valence-corrected chi connectivity index (χ4v) is 3.59. The van der Waals surface area contributed by atoms with E-state index in [0.29, 0.717) is 0 Å². The maximum Gasteiger partial charge on any atom is 0.140 e. The van der Waals surface area contributed by atoms with Crippen molar-refractivity contribution in [3.05, 3.63) is 49.5 Å². The highest BCUT2D eigenvalue weighted by atomic mass is 79.9. The molecule has 2 rings (SSSR count). The number of rotatable bonds is 5. The summed E-state index contributed by atoms with van der Waals surface area (Å²) in [5.74, 6) is 0.809. The van der Waals surface area contributed by atoms with E-state index in [1.165, 1.54) is 0 Å². The van der Waals surface area contributed by atoms with Gasteiger partial charge in [-0.15, -0.1) is 0 Å². The van der Waals surface area contributed by atoms with E-state index < -0.39 is 0 Å². The average Bonchev–Trinajstić information content (AvgIpc) is 2.91. The largest absolute Gasteiger partial charge is 0.483 e. The van der Waals surface area contributed by atoms with Gasteiger partial charge in [0.05, 0.1) is 4.47 Å². The van der Waals surface area contributed by atoms with Crippen LogP contribution in [0, 0.1) is 0 Å². The molecule has 0 saturated carbocycles. The molecule has 1 aromatic carbocycles. The summed E-state index contributed by atoms with van der Waals surface area (Å²) in [6.45, 7) is 2.07. The first-order chi connectivity index (χ1) is 9.11. The molecule has 102 valence electrons. The van der Waals surface area contributed by atoms with Crippen molar-refractivity contribution in [2.45, 2.75) is 25.5 Å². The molecule has 0 aliphatic carbocycles. The Bertz CT molecular complexity index is 530. The molecule has 0 fully saturated rings. The predicted molar refractivity (Wildman–Crippen MR) is 87.8 cm³/mol. The smallest absolute Gasteiger partial charge is 0.140 e. The second-order valence-electron chi connectivity index (χ2n) is 4.24. The highest BCUT2D eigenvalue weighted by molar-refractivity contribution is 9.11. The monoisotopic (exact) mass is 403 g/mol. The fraction of sp³-hybridized carbons (Fsp3) is 0.286. The normalized spacial score (nSPS) is 14.1. The molecule has 1 heterocycles. The average molecular weight is 405 g/mol. The highest BCUT2D eigenvalue weighted by Gasteiger charge is 2.21. The van der Waals surface area contributed by atoms with Gasteiger partial charge in [0.1, 0.15) is 11.9 Å². The van der Waals surface area contributed by atoms with Crippen LogP contribution in [0.2, 0.25) is 0 Å². The van der Waals surface area contributed by atoms with Gasteiger partial charge >= 0.3 is 0 Å². The Balaban J connectivity index is 2.25. The van der Waals surface area contributed by atoms with Crippen LogP contribution in [0.25, 0.3) is 0 Å². The van der Waals surface area contributed by atoms with E-state index in [1.807, 2.05) is 23.6 Å². The Labute approximate surface area is 134 Å². The molecular weight excluding hydrogens is 390 g/mol. The number of nitrogens with two attached hydrogens (primary N) is 1. The van der Waals surface area contributed by atoms with Gasteiger partial charge in [-0.05, 0) is 57.4 Å². The third kappa shape index (κ3) is 3.81. The van der Waals surface area contributed by atoms with Crippen molar-refractivity contribution >= 4 is 43.2 Å². The van der Waals surface area contributed by atoms with Crippen LogP contribution in [0.3, 0.4) is 0 Å². The molecule has 0 aliphatic rings. The van der Waals surface area contributed by atoms with Gasteiger partial charge in [0.15, 0.2) is 0 Å². The number of benzene rings is 1. The van der Waals surface area contributed by atoms with Crippen LogP contribution in [0.5, 0.6) is 5.75 Å². The van der Waals surface area contributed by atoms with E-state index in [2.05, 4.69) is 50.2 Å². The Morgan fingerprint density at radius 2 is 2.11 bits per heavy atom. The van der Waals surface area contributed by atoms with Gasteiger partial charge in [0, 0.05) is 16.1 Å². The minimum Gasteiger partial charge on any atom is -0.483 e. The predicted octanol–water partition coefficient (Wildman–Crippen LogP) is 5.13. The van der Waals surface area contributed by atoms with E-state index in [1.54, 1.807) is 11.3 Å². The van der Waals surface area contributed by atoms with E-state index in [4.69, 9.17) is 10.5 Å². The number of ether oxygens (including phenoxy) is 1. The summed E-state index contributed by atoms with van der Waals surface area (Å²) < 4.78 is 8.05. The summed E-state index contributed by atoms with van der Waals surface area (Å²) in [5.41, 5.74) is 7.32. The lowest BCUT2D eigenvalue weighted by Gasteiger charge is -2.24. The summed E-state index contributed by atoms with van der Waals surface area (Å²) in [6.07, 6.45) is 0.753. The SMILES string of the molecule is CCC(N)C(Oc1ccc(Br)cc1Br)c1ccsc1. The summed E-state index contributed by atoms with van der Waals surface area (Å²) in [7, 11) is 0. The van der Waals surface area contributed by atoms with Gasteiger partial charge in [-0.2, -0.15) is 11.3 Å². The van der Waals surface area contributed by atoms with Crippen molar-refractivity contribution in [2.75, 3.05) is 0 Å². The summed E-state index contributed by atoms with van der Waals surface area (Å²) >= 11 is 8.61. The molecule has 2 atom stereocenters. The second kappa shape index (κ2) is 6.88. The summed E-state index contributed by atoms with van der Waals surface area (Å²) in [5, 5.41) is 4.14. The summed E-state index contributed by atoms with van der Waals surface area (Å²) in [4.78, 5) is 0. The zero-order valence-corrected chi connectivity index (χ0v) is 14.5. The van der Waals surface area contributed by atoms with Crippen molar-refractivity contribution in [3.63, 3.8) is 0 Å².